The van der Waals surface area contributed by atoms with Crippen LogP contribution in [0.3, 0.4) is 0 Å². The minimum Gasteiger partial charge on any atom is -0.496 e. The molecule has 3 rings (SSSR count). The van der Waals surface area contributed by atoms with Gasteiger partial charge in [0.25, 0.3) is 5.91 Å². The van der Waals surface area contributed by atoms with E-state index in [1.807, 2.05) is 42.5 Å². The van der Waals surface area contributed by atoms with Crippen LogP contribution < -0.4 is 9.47 Å². The molecule has 0 bridgehead atoms. The van der Waals surface area contributed by atoms with Gasteiger partial charge in [-0.05, 0) is 42.0 Å². The Morgan fingerprint density at radius 1 is 1.35 bits per heavy atom. The smallest absolute Gasteiger partial charge is 0.259 e. The monoisotopic (exact) mass is 450 g/mol. The summed E-state index contributed by atoms with van der Waals surface area (Å²) in [7, 11) is 1.62. The second-order valence-electron chi connectivity index (χ2n) is 5.32. The first-order valence-electron chi connectivity index (χ1n) is 7.66. The van der Waals surface area contributed by atoms with Gasteiger partial charge in [0.2, 0.25) is 0 Å². The maximum absolute atomic E-state index is 11.7. The minimum atomic E-state index is -0.108. The van der Waals surface area contributed by atoms with Crippen LogP contribution in [0, 0.1) is 0 Å². The highest BCUT2D eigenvalue weighted by atomic mass is 79.9. The average Bonchev–Trinajstić information content (AvgIpc) is 2.96. The summed E-state index contributed by atoms with van der Waals surface area (Å²) in [5, 5.41) is 5.44. The van der Waals surface area contributed by atoms with E-state index in [1.165, 1.54) is 16.8 Å². The molecule has 0 unspecified atom stereocenters. The van der Waals surface area contributed by atoms with Gasteiger partial charge in [0.15, 0.2) is 4.32 Å². The van der Waals surface area contributed by atoms with Crippen molar-refractivity contribution in [1.29, 1.82) is 0 Å². The molecule has 0 atom stereocenters. The van der Waals surface area contributed by atoms with Crippen LogP contribution in [0.1, 0.15) is 11.1 Å². The summed E-state index contributed by atoms with van der Waals surface area (Å²) in [6.07, 6.45) is 1.61. The lowest BCUT2D eigenvalue weighted by molar-refractivity contribution is -0.123. The van der Waals surface area contributed by atoms with E-state index in [-0.39, 0.29) is 5.91 Å². The zero-order valence-corrected chi connectivity index (χ0v) is 17.1. The van der Waals surface area contributed by atoms with Gasteiger partial charge in [-0.1, -0.05) is 46.0 Å². The Morgan fingerprint density at radius 3 is 2.88 bits per heavy atom. The molecule has 1 fully saturated rings. The van der Waals surface area contributed by atoms with Crippen LogP contribution in [-0.4, -0.2) is 34.3 Å². The molecule has 0 N–H and O–H groups in total. The Labute approximate surface area is 169 Å². The molecule has 1 heterocycles. The van der Waals surface area contributed by atoms with Crippen LogP contribution >= 0.6 is 39.9 Å². The summed E-state index contributed by atoms with van der Waals surface area (Å²) in [5.41, 5.74) is 1.70. The van der Waals surface area contributed by atoms with E-state index in [9.17, 15) is 4.79 Å². The third-order valence-electron chi connectivity index (χ3n) is 3.55. The van der Waals surface area contributed by atoms with E-state index in [0.29, 0.717) is 16.7 Å². The average molecular weight is 451 g/mol. The van der Waals surface area contributed by atoms with Crippen molar-refractivity contribution in [2.75, 3.05) is 12.9 Å². The van der Waals surface area contributed by atoms with Gasteiger partial charge in [0.1, 0.15) is 18.1 Å². The largest absolute Gasteiger partial charge is 0.496 e. The van der Waals surface area contributed by atoms with Gasteiger partial charge in [-0.15, -0.1) is 0 Å². The molecule has 134 valence electrons. The summed E-state index contributed by atoms with van der Waals surface area (Å²) in [5.74, 6) is 1.71. The van der Waals surface area contributed by atoms with Gasteiger partial charge < -0.3 is 9.47 Å². The van der Waals surface area contributed by atoms with Crippen molar-refractivity contribution in [2.24, 2.45) is 5.10 Å². The Balaban J connectivity index is 1.75. The fourth-order valence-electron chi connectivity index (χ4n) is 2.29. The van der Waals surface area contributed by atoms with E-state index >= 15 is 0 Å². The van der Waals surface area contributed by atoms with Gasteiger partial charge >= 0.3 is 0 Å². The zero-order valence-electron chi connectivity index (χ0n) is 13.8. The summed E-state index contributed by atoms with van der Waals surface area (Å²) >= 11 is 9.85. The van der Waals surface area contributed by atoms with Crippen LogP contribution in [-0.2, 0) is 11.4 Å². The molecular weight excluding hydrogens is 436 g/mol. The van der Waals surface area contributed by atoms with Crippen LogP contribution in [0.25, 0.3) is 0 Å². The fraction of sp³-hybridized carbons (Fsp3) is 0.167. The number of hydrogen-bond acceptors (Lipinski definition) is 6. The molecule has 0 aliphatic carbocycles. The molecule has 0 saturated carbocycles. The molecule has 26 heavy (non-hydrogen) atoms. The summed E-state index contributed by atoms with van der Waals surface area (Å²) in [4.78, 5) is 11.7. The molecule has 1 aliphatic rings. The molecular formula is C18H15BrN2O3S2. The third-order valence-corrected chi connectivity index (χ3v) is 5.38. The number of ether oxygens (including phenoxy) is 2. The van der Waals surface area contributed by atoms with Crippen LogP contribution in [0.5, 0.6) is 11.5 Å². The summed E-state index contributed by atoms with van der Waals surface area (Å²) in [6, 6.07) is 13.3. The molecule has 1 amide bonds. The number of hydrazone groups is 1. The highest BCUT2D eigenvalue weighted by Gasteiger charge is 2.25. The topological polar surface area (TPSA) is 51.1 Å². The molecule has 0 aromatic heterocycles. The molecule has 1 saturated heterocycles. The van der Waals surface area contributed by atoms with E-state index in [1.54, 1.807) is 13.3 Å². The second-order valence-corrected chi connectivity index (χ2v) is 7.85. The minimum absolute atomic E-state index is 0.108. The predicted octanol–water partition coefficient (Wildman–Crippen LogP) is 4.23. The number of amides is 1. The van der Waals surface area contributed by atoms with Crippen molar-refractivity contribution < 1.29 is 14.3 Å². The van der Waals surface area contributed by atoms with Gasteiger partial charge in [-0.2, -0.15) is 10.1 Å². The first-order valence-corrected chi connectivity index (χ1v) is 9.84. The van der Waals surface area contributed by atoms with Crippen molar-refractivity contribution in [3.8, 4) is 11.5 Å². The van der Waals surface area contributed by atoms with E-state index in [2.05, 4.69) is 21.0 Å². The Bertz CT molecular complexity index is 857. The van der Waals surface area contributed by atoms with Crippen molar-refractivity contribution >= 4 is 56.4 Å². The van der Waals surface area contributed by atoms with Gasteiger partial charge in [-0.3, -0.25) is 4.79 Å². The lowest BCUT2D eigenvalue weighted by atomic mass is 10.1. The highest BCUT2D eigenvalue weighted by molar-refractivity contribution is 9.10. The van der Waals surface area contributed by atoms with Crippen LogP contribution in [0.2, 0.25) is 0 Å². The highest BCUT2D eigenvalue weighted by Crippen LogP contribution is 2.24. The quantitative estimate of drug-likeness (QED) is 0.486. The van der Waals surface area contributed by atoms with E-state index in [0.717, 1.165) is 27.1 Å². The first-order chi connectivity index (χ1) is 12.6. The molecule has 2 aromatic rings. The van der Waals surface area contributed by atoms with Gasteiger partial charge in [-0.25, -0.2) is 0 Å². The molecule has 2 aromatic carbocycles. The third kappa shape index (κ3) is 4.63. The molecule has 5 nitrogen and oxygen atoms in total. The van der Waals surface area contributed by atoms with Crippen LogP contribution in [0.4, 0.5) is 0 Å². The number of halogens is 1. The number of benzene rings is 2. The zero-order chi connectivity index (χ0) is 18.5. The normalized spacial score (nSPS) is 14.3. The number of methoxy groups -OCH3 is 1. The fourth-order valence-corrected chi connectivity index (χ4v) is 3.64. The second kappa shape index (κ2) is 8.66. The number of rotatable bonds is 6. The summed E-state index contributed by atoms with van der Waals surface area (Å²) < 4.78 is 12.7. The Kier molecular flexibility index (Phi) is 6.29. The Morgan fingerprint density at radius 2 is 2.19 bits per heavy atom. The SMILES string of the molecule is COc1ccc(/C=N\N2C(=O)CSC2=S)cc1COc1cccc(Br)c1. The van der Waals surface area contributed by atoms with Crippen molar-refractivity contribution in [3.63, 3.8) is 0 Å². The number of nitrogens with zero attached hydrogens (tertiary/aromatic N) is 2. The number of thiocarbonyl (C=S) groups is 1. The maximum Gasteiger partial charge on any atom is 0.259 e. The van der Waals surface area contributed by atoms with Gasteiger partial charge in [0.05, 0.1) is 19.1 Å². The molecule has 0 radical (unpaired) electrons. The van der Waals surface area contributed by atoms with E-state index < -0.39 is 0 Å². The first kappa shape index (κ1) is 18.9. The summed E-state index contributed by atoms with van der Waals surface area (Å²) in [6.45, 7) is 0.345. The number of carbonyl (C=O) groups is 1. The molecule has 8 heteroatoms. The van der Waals surface area contributed by atoms with Crippen molar-refractivity contribution in [2.45, 2.75) is 6.61 Å². The van der Waals surface area contributed by atoms with Crippen molar-refractivity contribution in [1.82, 2.24) is 5.01 Å². The maximum atomic E-state index is 11.7. The molecule has 0 spiro atoms. The number of carbonyl (C=O) groups excluding carboxylic acids is 1. The number of thioether (sulfide) groups is 1. The predicted molar refractivity (Wildman–Crippen MR) is 111 cm³/mol. The van der Waals surface area contributed by atoms with Crippen molar-refractivity contribution in [3.05, 3.63) is 58.1 Å². The van der Waals surface area contributed by atoms with Gasteiger partial charge in [0, 0.05) is 10.0 Å². The van der Waals surface area contributed by atoms with E-state index in [4.69, 9.17) is 21.7 Å². The molecule has 1 aliphatic heterocycles. The number of hydrogen-bond donors (Lipinski definition) is 0. The standard InChI is InChI=1S/C18H15BrN2O3S2/c1-23-16-6-5-12(9-20-21-17(22)11-26-18(21)25)7-13(16)10-24-15-4-2-3-14(19)8-15/h2-9H,10-11H2,1H3/b20-9-. The lowest BCUT2D eigenvalue weighted by Crippen LogP contribution is -2.22. The Hall–Kier alpha value is -1.90. The van der Waals surface area contributed by atoms with Crippen LogP contribution in [0.15, 0.2) is 52.0 Å². The lowest BCUT2D eigenvalue weighted by Gasteiger charge is -2.12.